The van der Waals surface area contributed by atoms with Crippen molar-refractivity contribution in [3.05, 3.63) is 51.3 Å². The molecule has 44 heavy (non-hydrogen) atoms. The first-order valence-corrected chi connectivity index (χ1v) is 14.7. The van der Waals surface area contributed by atoms with Gasteiger partial charge in [0.2, 0.25) is 5.91 Å². The normalized spacial score (nSPS) is 25.7. The number of ketones is 1. The van der Waals surface area contributed by atoms with E-state index in [9.17, 15) is 39.6 Å². The Hall–Kier alpha value is -4.16. The van der Waals surface area contributed by atoms with E-state index in [1.807, 2.05) is 0 Å². The smallest absolute Gasteiger partial charge is 0.334 e. The molecule has 3 aliphatic carbocycles. The first kappa shape index (κ1) is 32.7. The van der Waals surface area contributed by atoms with Crippen LogP contribution < -0.4 is 5.73 Å². The first-order valence-electron chi connectivity index (χ1n) is 14.7. The van der Waals surface area contributed by atoms with Gasteiger partial charge in [-0.15, -0.1) is 0 Å². The van der Waals surface area contributed by atoms with Crippen LogP contribution in [-0.4, -0.2) is 87.9 Å². The molecule has 0 aromatic heterocycles. The molecule has 0 radical (unpaired) electrons. The molecule has 1 saturated carbocycles. The maximum atomic E-state index is 14.0. The third kappa shape index (κ3) is 5.59. The van der Waals surface area contributed by atoms with Gasteiger partial charge in [0.25, 0.3) is 0 Å². The second kappa shape index (κ2) is 12.4. The van der Waals surface area contributed by atoms with Crippen molar-refractivity contribution in [2.75, 3.05) is 27.3 Å². The molecule has 0 aliphatic heterocycles. The van der Waals surface area contributed by atoms with Crippen LogP contribution in [0.5, 0.6) is 5.75 Å². The number of ether oxygens (including phenoxy) is 2. The second-order valence-corrected chi connectivity index (χ2v) is 11.8. The van der Waals surface area contributed by atoms with E-state index in [-0.39, 0.29) is 66.3 Å². The zero-order chi connectivity index (χ0) is 32.7. The molecule has 1 aromatic rings. The van der Waals surface area contributed by atoms with Gasteiger partial charge in [0.1, 0.15) is 22.9 Å². The summed E-state index contributed by atoms with van der Waals surface area (Å²) in [7, 11) is 3.29. The third-order valence-corrected chi connectivity index (χ3v) is 8.82. The van der Waals surface area contributed by atoms with Crippen molar-refractivity contribution in [3.8, 4) is 5.75 Å². The van der Waals surface area contributed by atoms with Gasteiger partial charge in [-0.1, -0.05) is 13.0 Å². The average Bonchev–Trinajstić information content (AvgIpc) is 2.94. The van der Waals surface area contributed by atoms with Crippen molar-refractivity contribution in [1.82, 2.24) is 4.90 Å². The summed E-state index contributed by atoms with van der Waals surface area (Å²) in [4.78, 5) is 53.1. The predicted octanol–water partition coefficient (Wildman–Crippen LogP) is 2.32. The molecule has 238 valence electrons. The SMILES string of the molecule is CCOC(=O)/C(=C\c1ccc(O)c2c1CC1CC3C(N(C)C)C(O)=C(C(N)=O)CC3(O)C(=O)C1=C2O)CC(C)C(=O)OCC. The van der Waals surface area contributed by atoms with E-state index >= 15 is 0 Å². The Bertz CT molecular complexity index is 1490. The largest absolute Gasteiger partial charge is 0.510 e. The Labute approximate surface area is 255 Å². The number of hydrogen-bond acceptors (Lipinski definition) is 11. The molecule has 12 nitrogen and oxygen atoms in total. The summed E-state index contributed by atoms with van der Waals surface area (Å²) in [5.74, 6) is -6.18. The monoisotopic (exact) mass is 612 g/mol. The number of amides is 1. The van der Waals surface area contributed by atoms with Crippen molar-refractivity contribution in [3.63, 3.8) is 0 Å². The van der Waals surface area contributed by atoms with Crippen LogP contribution in [0.2, 0.25) is 0 Å². The summed E-state index contributed by atoms with van der Waals surface area (Å²) in [5.41, 5.74) is 4.08. The average molecular weight is 613 g/mol. The fraction of sp³-hybridized carbons (Fsp3) is 0.500. The summed E-state index contributed by atoms with van der Waals surface area (Å²) >= 11 is 0. The minimum Gasteiger partial charge on any atom is -0.510 e. The first-order chi connectivity index (χ1) is 20.7. The number of aromatic hydroxyl groups is 1. The Balaban J connectivity index is 1.84. The number of phenols is 1. The zero-order valence-electron chi connectivity index (χ0n) is 25.5. The van der Waals surface area contributed by atoms with E-state index in [4.69, 9.17) is 15.2 Å². The number of aliphatic hydroxyl groups is 3. The molecular formula is C32H40N2O10. The fourth-order valence-electron chi connectivity index (χ4n) is 6.80. The molecule has 0 bridgehead atoms. The molecule has 1 amide bonds. The lowest BCUT2D eigenvalue weighted by atomic mass is 9.57. The van der Waals surface area contributed by atoms with Gasteiger partial charge in [-0.3, -0.25) is 19.3 Å². The Morgan fingerprint density at radius 1 is 1.14 bits per heavy atom. The molecule has 0 heterocycles. The molecule has 5 atom stereocenters. The van der Waals surface area contributed by atoms with Crippen LogP contribution in [0, 0.1) is 17.8 Å². The number of hydrogen-bond donors (Lipinski definition) is 5. The highest BCUT2D eigenvalue weighted by atomic mass is 16.5. The van der Waals surface area contributed by atoms with Gasteiger partial charge >= 0.3 is 11.9 Å². The van der Waals surface area contributed by atoms with E-state index in [2.05, 4.69) is 0 Å². The maximum Gasteiger partial charge on any atom is 0.334 e. The van der Waals surface area contributed by atoms with Gasteiger partial charge in [0, 0.05) is 23.5 Å². The molecule has 4 rings (SSSR count). The number of fused-ring (bicyclic) bond motifs is 3. The zero-order valence-corrected chi connectivity index (χ0v) is 25.5. The predicted molar refractivity (Wildman–Crippen MR) is 159 cm³/mol. The van der Waals surface area contributed by atoms with Gasteiger partial charge < -0.3 is 35.6 Å². The van der Waals surface area contributed by atoms with E-state index in [1.165, 1.54) is 6.07 Å². The van der Waals surface area contributed by atoms with Gasteiger partial charge in [0.05, 0.1) is 36.3 Å². The number of benzene rings is 1. The molecular weight excluding hydrogens is 572 g/mol. The Kier molecular flexibility index (Phi) is 9.26. The Morgan fingerprint density at radius 2 is 1.80 bits per heavy atom. The number of phenolic OH excluding ortho intramolecular Hbond substituents is 1. The van der Waals surface area contributed by atoms with E-state index in [0.29, 0.717) is 11.1 Å². The van der Waals surface area contributed by atoms with Crippen LogP contribution in [0.3, 0.4) is 0 Å². The highest BCUT2D eigenvalue weighted by Crippen LogP contribution is 2.53. The maximum absolute atomic E-state index is 14.0. The van der Waals surface area contributed by atoms with E-state index < -0.39 is 65.2 Å². The Morgan fingerprint density at radius 3 is 2.39 bits per heavy atom. The van der Waals surface area contributed by atoms with E-state index in [1.54, 1.807) is 51.9 Å². The van der Waals surface area contributed by atoms with Crippen LogP contribution in [0.15, 0.2) is 34.6 Å². The molecule has 12 heteroatoms. The standard InChI is InChI=1S/C32H40N2O10/c1-6-43-30(40)15(3)10-18(31(41)44-7-2)11-16-8-9-22(35)24-19(16)12-17-13-21-25(34(4)5)26(36)20(29(33)39)14-32(21,42)28(38)23(17)27(24)37/h8-9,11,15,17,21,25,35-37,42H,6-7,10,12-14H2,1-5H3,(H2,33,39)/b18-11-. The van der Waals surface area contributed by atoms with Gasteiger partial charge in [-0.05, 0) is 76.4 Å². The number of Topliss-reactive ketones (excluding diaryl/α,β-unsaturated/α-hetero) is 1. The molecule has 3 aliphatic rings. The minimum atomic E-state index is -2.14. The van der Waals surface area contributed by atoms with Crippen molar-refractivity contribution in [1.29, 1.82) is 0 Å². The molecule has 6 N–H and O–H groups in total. The van der Waals surface area contributed by atoms with Crippen LogP contribution in [0.1, 0.15) is 56.7 Å². The number of carbonyl (C=O) groups excluding carboxylic acids is 4. The molecule has 0 saturated heterocycles. The number of nitrogens with two attached hydrogens (primary N) is 1. The number of nitrogens with zero attached hydrogens (tertiary/aromatic N) is 1. The van der Waals surface area contributed by atoms with Crippen molar-refractivity contribution >= 4 is 35.5 Å². The highest BCUT2D eigenvalue weighted by molar-refractivity contribution is 6.10. The van der Waals surface area contributed by atoms with Crippen LogP contribution in [-0.2, 0) is 35.1 Å². The highest BCUT2D eigenvalue weighted by Gasteiger charge is 2.60. The number of primary amides is 1. The van der Waals surface area contributed by atoms with Crippen molar-refractivity contribution in [2.24, 2.45) is 23.5 Å². The van der Waals surface area contributed by atoms with Gasteiger partial charge in [-0.25, -0.2) is 4.79 Å². The lowest BCUT2D eigenvalue weighted by Gasteiger charge is -2.51. The third-order valence-electron chi connectivity index (χ3n) is 8.82. The number of rotatable bonds is 9. The van der Waals surface area contributed by atoms with Gasteiger partial charge in [-0.2, -0.15) is 0 Å². The summed E-state index contributed by atoms with van der Waals surface area (Å²) in [6.07, 6.45) is 1.32. The molecule has 1 aromatic carbocycles. The summed E-state index contributed by atoms with van der Waals surface area (Å²) in [6, 6.07) is 1.98. The topological polar surface area (TPSA) is 197 Å². The van der Waals surface area contributed by atoms with E-state index in [0.717, 1.165) is 0 Å². The lowest BCUT2D eigenvalue weighted by Crippen LogP contribution is -2.62. The summed E-state index contributed by atoms with van der Waals surface area (Å²) < 4.78 is 10.3. The fourth-order valence-corrected chi connectivity index (χ4v) is 6.80. The summed E-state index contributed by atoms with van der Waals surface area (Å²) in [6.45, 7) is 5.26. The molecule has 5 unspecified atom stereocenters. The second-order valence-electron chi connectivity index (χ2n) is 11.8. The molecule has 1 fully saturated rings. The van der Waals surface area contributed by atoms with Gasteiger partial charge in [0.15, 0.2) is 5.78 Å². The van der Waals surface area contributed by atoms with Crippen molar-refractivity contribution < 1.29 is 49.1 Å². The van der Waals surface area contributed by atoms with Crippen LogP contribution in [0.25, 0.3) is 11.8 Å². The number of likely N-dealkylation sites (N-methyl/N-ethyl adjacent to an activating group) is 1. The van der Waals surface area contributed by atoms with Crippen LogP contribution >= 0.6 is 0 Å². The molecule has 0 spiro atoms. The number of esters is 2. The minimum absolute atomic E-state index is 0.00965. The van der Waals surface area contributed by atoms with Crippen LogP contribution in [0.4, 0.5) is 0 Å². The quantitative estimate of drug-likeness (QED) is 0.203. The lowest BCUT2D eigenvalue weighted by molar-refractivity contribution is -0.151. The number of carbonyl (C=O) groups is 4. The number of aliphatic hydroxyl groups excluding tert-OH is 2. The summed E-state index contributed by atoms with van der Waals surface area (Å²) in [5, 5.41) is 45.1. The van der Waals surface area contributed by atoms with Crippen molar-refractivity contribution in [2.45, 2.75) is 58.1 Å².